The lowest BCUT2D eigenvalue weighted by molar-refractivity contribution is -0.150. The van der Waals surface area contributed by atoms with Crippen molar-refractivity contribution in [3.63, 3.8) is 0 Å². The SMILES string of the molecule is C[C@@H](C(O)O)N1CCN(C)CC1=O. The Kier molecular flexibility index (Phi) is 3.24. The van der Waals surface area contributed by atoms with Gasteiger partial charge in [-0.2, -0.15) is 0 Å². The van der Waals surface area contributed by atoms with Gasteiger partial charge in [0.2, 0.25) is 5.91 Å². The highest BCUT2D eigenvalue weighted by Gasteiger charge is 2.28. The summed E-state index contributed by atoms with van der Waals surface area (Å²) in [4.78, 5) is 14.8. The van der Waals surface area contributed by atoms with Crippen molar-refractivity contribution in [1.82, 2.24) is 9.80 Å². The number of aliphatic hydroxyl groups is 2. The molecule has 13 heavy (non-hydrogen) atoms. The fraction of sp³-hybridized carbons (Fsp3) is 0.875. The Morgan fingerprint density at radius 1 is 1.38 bits per heavy atom. The van der Waals surface area contributed by atoms with Crippen molar-refractivity contribution < 1.29 is 15.0 Å². The maximum absolute atomic E-state index is 11.4. The average molecular weight is 188 g/mol. The van der Waals surface area contributed by atoms with E-state index in [1.54, 1.807) is 6.92 Å². The molecule has 0 radical (unpaired) electrons. The molecule has 5 heteroatoms. The number of piperazine rings is 1. The molecule has 1 heterocycles. The summed E-state index contributed by atoms with van der Waals surface area (Å²) in [5.74, 6) is -0.0469. The van der Waals surface area contributed by atoms with Crippen LogP contribution in [-0.2, 0) is 4.79 Å². The van der Waals surface area contributed by atoms with E-state index in [1.165, 1.54) is 4.90 Å². The van der Waals surface area contributed by atoms with E-state index in [2.05, 4.69) is 0 Å². The fourth-order valence-corrected chi connectivity index (χ4v) is 1.40. The molecule has 5 nitrogen and oxygen atoms in total. The van der Waals surface area contributed by atoms with Crippen LogP contribution in [0.1, 0.15) is 6.92 Å². The topological polar surface area (TPSA) is 64.0 Å². The second kappa shape index (κ2) is 4.04. The van der Waals surface area contributed by atoms with Crippen molar-refractivity contribution in [1.29, 1.82) is 0 Å². The van der Waals surface area contributed by atoms with E-state index in [9.17, 15) is 4.79 Å². The molecule has 1 saturated heterocycles. The highest BCUT2D eigenvalue weighted by Crippen LogP contribution is 2.08. The van der Waals surface area contributed by atoms with Crippen molar-refractivity contribution in [2.75, 3.05) is 26.7 Å². The minimum atomic E-state index is -1.45. The number of rotatable bonds is 2. The number of nitrogens with zero attached hydrogens (tertiary/aromatic N) is 2. The first-order valence-corrected chi connectivity index (χ1v) is 4.36. The predicted octanol–water partition coefficient (Wildman–Crippen LogP) is -1.54. The van der Waals surface area contributed by atoms with Crippen LogP contribution in [0.5, 0.6) is 0 Å². The van der Waals surface area contributed by atoms with Gasteiger partial charge >= 0.3 is 0 Å². The minimum Gasteiger partial charge on any atom is -0.366 e. The lowest BCUT2D eigenvalue weighted by atomic mass is 10.2. The number of amides is 1. The second-order valence-electron chi connectivity index (χ2n) is 3.48. The van der Waals surface area contributed by atoms with Crippen molar-refractivity contribution in [3.05, 3.63) is 0 Å². The summed E-state index contributed by atoms with van der Waals surface area (Å²) in [7, 11) is 1.87. The number of hydrogen-bond acceptors (Lipinski definition) is 4. The van der Waals surface area contributed by atoms with Crippen LogP contribution in [0.4, 0.5) is 0 Å². The third kappa shape index (κ3) is 2.40. The molecule has 0 saturated carbocycles. The van der Waals surface area contributed by atoms with Gasteiger partial charge in [-0.15, -0.1) is 0 Å². The van der Waals surface area contributed by atoms with E-state index in [4.69, 9.17) is 10.2 Å². The summed E-state index contributed by atoms with van der Waals surface area (Å²) in [6.45, 7) is 3.34. The molecular formula is C8H16N2O3. The molecule has 0 aliphatic carbocycles. The molecule has 1 fully saturated rings. The Hall–Kier alpha value is -0.650. The van der Waals surface area contributed by atoms with Crippen LogP contribution >= 0.6 is 0 Å². The normalized spacial score (nSPS) is 22.5. The predicted molar refractivity (Wildman–Crippen MR) is 46.9 cm³/mol. The van der Waals surface area contributed by atoms with E-state index in [1.807, 2.05) is 11.9 Å². The zero-order chi connectivity index (χ0) is 10.0. The third-order valence-electron chi connectivity index (χ3n) is 2.37. The Bertz CT molecular complexity index is 196. The lowest BCUT2D eigenvalue weighted by Gasteiger charge is -2.36. The highest BCUT2D eigenvalue weighted by molar-refractivity contribution is 5.79. The number of hydrogen-bond donors (Lipinski definition) is 2. The quantitative estimate of drug-likeness (QED) is 0.515. The fourth-order valence-electron chi connectivity index (χ4n) is 1.40. The maximum Gasteiger partial charge on any atom is 0.237 e. The first kappa shape index (κ1) is 10.4. The molecule has 1 aliphatic rings. The van der Waals surface area contributed by atoms with Gasteiger partial charge in [-0.25, -0.2) is 0 Å². The molecular weight excluding hydrogens is 172 g/mol. The van der Waals surface area contributed by atoms with Gasteiger partial charge in [-0.3, -0.25) is 9.69 Å². The summed E-state index contributed by atoms with van der Waals surface area (Å²) in [5, 5.41) is 17.8. The van der Waals surface area contributed by atoms with Crippen LogP contribution in [0.25, 0.3) is 0 Å². The Morgan fingerprint density at radius 2 is 2.00 bits per heavy atom. The molecule has 0 aromatic carbocycles. The molecule has 0 unspecified atom stereocenters. The van der Waals surface area contributed by atoms with E-state index < -0.39 is 12.3 Å². The maximum atomic E-state index is 11.4. The van der Waals surface area contributed by atoms with Crippen LogP contribution in [0.3, 0.4) is 0 Å². The largest absolute Gasteiger partial charge is 0.366 e. The van der Waals surface area contributed by atoms with Gasteiger partial charge in [0.05, 0.1) is 12.6 Å². The van der Waals surface area contributed by atoms with Gasteiger partial charge in [-0.1, -0.05) is 0 Å². The van der Waals surface area contributed by atoms with Crippen molar-refractivity contribution >= 4 is 5.91 Å². The van der Waals surface area contributed by atoms with Crippen LogP contribution in [0.15, 0.2) is 0 Å². The number of carbonyl (C=O) groups is 1. The van der Waals surface area contributed by atoms with Crippen molar-refractivity contribution in [2.24, 2.45) is 0 Å². The van der Waals surface area contributed by atoms with Crippen molar-refractivity contribution in [3.8, 4) is 0 Å². The van der Waals surface area contributed by atoms with Gasteiger partial charge in [-0.05, 0) is 14.0 Å². The molecule has 0 aromatic rings. The van der Waals surface area contributed by atoms with Crippen LogP contribution in [0.2, 0.25) is 0 Å². The number of carbonyl (C=O) groups excluding carboxylic acids is 1. The van der Waals surface area contributed by atoms with Crippen LogP contribution < -0.4 is 0 Å². The average Bonchev–Trinajstić information content (AvgIpc) is 2.03. The zero-order valence-corrected chi connectivity index (χ0v) is 7.97. The summed E-state index contributed by atoms with van der Waals surface area (Å²) in [6, 6.07) is -0.513. The number of likely N-dealkylation sites (N-methyl/N-ethyl adjacent to an activating group) is 1. The molecule has 2 N–H and O–H groups in total. The molecule has 76 valence electrons. The summed E-state index contributed by atoms with van der Waals surface area (Å²) < 4.78 is 0. The van der Waals surface area contributed by atoms with Gasteiger partial charge in [0.1, 0.15) is 0 Å². The molecule has 1 aliphatic heterocycles. The highest BCUT2D eigenvalue weighted by atomic mass is 16.5. The Labute approximate surface area is 77.6 Å². The zero-order valence-electron chi connectivity index (χ0n) is 7.97. The van der Waals surface area contributed by atoms with Gasteiger partial charge in [0.25, 0.3) is 0 Å². The number of aliphatic hydroxyl groups excluding tert-OH is 1. The summed E-state index contributed by atoms with van der Waals surface area (Å²) in [5.41, 5.74) is 0. The van der Waals surface area contributed by atoms with Crippen LogP contribution in [-0.4, -0.2) is 64.9 Å². The van der Waals surface area contributed by atoms with Gasteiger partial charge in [0.15, 0.2) is 6.29 Å². The molecule has 1 amide bonds. The lowest BCUT2D eigenvalue weighted by Crippen LogP contribution is -2.55. The van der Waals surface area contributed by atoms with E-state index in [-0.39, 0.29) is 5.91 Å². The van der Waals surface area contributed by atoms with Gasteiger partial charge < -0.3 is 15.1 Å². The smallest absolute Gasteiger partial charge is 0.237 e. The standard InChI is InChI=1S/C8H16N2O3/c1-6(8(12)13)10-4-3-9(2)5-7(10)11/h6,8,12-13H,3-5H2,1-2H3/t6-/m0/s1. The third-order valence-corrected chi connectivity index (χ3v) is 2.37. The molecule has 1 atom stereocenters. The van der Waals surface area contributed by atoms with E-state index in [0.717, 1.165) is 6.54 Å². The molecule has 1 rings (SSSR count). The Morgan fingerprint density at radius 3 is 2.46 bits per heavy atom. The monoisotopic (exact) mass is 188 g/mol. The van der Waals surface area contributed by atoms with Crippen molar-refractivity contribution in [2.45, 2.75) is 19.3 Å². The first-order chi connectivity index (χ1) is 6.02. The Balaban J connectivity index is 2.56. The van der Waals surface area contributed by atoms with E-state index >= 15 is 0 Å². The molecule has 0 bridgehead atoms. The summed E-state index contributed by atoms with van der Waals surface area (Å²) >= 11 is 0. The minimum absolute atomic E-state index is 0.0469. The van der Waals surface area contributed by atoms with Gasteiger partial charge in [0, 0.05) is 13.1 Å². The molecule has 0 aromatic heterocycles. The van der Waals surface area contributed by atoms with E-state index in [0.29, 0.717) is 13.1 Å². The molecule has 0 spiro atoms. The summed E-state index contributed by atoms with van der Waals surface area (Å²) in [6.07, 6.45) is -1.45. The van der Waals surface area contributed by atoms with Crippen LogP contribution in [0, 0.1) is 0 Å². The first-order valence-electron chi connectivity index (χ1n) is 4.36. The second-order valence-corrected chi connectivity index (χ2v) is 3.48.